The lowest BCUT2D eigenvalue weighted by Crippen LogP contribution is -2.03. The molecule has 0 amide bonds. The Labute approximate surface area is 113 Å². The molecule has 0 radical (unpaired) electrons. The third-order valence-electron chi connectivity index (χ3n) is 2.31. The fourth-order valence-corrected chi connectivity index (χ4v) is 1.95. The van der Waals surface area contributed by atoms with Gasteiger partial charge >= 0.3 is 12.1 Å². The third-order valence-corrected chi connectivity index (χ3v) is 3.05. The minimum Gasteiger partial charge on any atom is -0.476 e. The summed E-state index contributed by atoms with van der Waals surface area (Å²) in [7, 11) is 0. The molecule has 0 spiro atoms. The molecule has 0 aliphatic heterocycles. The summed E-state index contributed by atoms with van der Waals surface area (Å²) in [6.07, 6.45) is -4.43. The van der Waals surface area contributed by atoms with Crippen molar-refractivity contribution in [3.8, 4) is 11.3 Å². The molecule has 2 rings (SSSR count). The van der Waals surface area contributed by atoms with Crippen LogP contribution in [0.15, 0.2) is 33.3 Å². The Morgan fingerprint density at radius 2 is 1.84 bits per heavy atom. The summed E-state index contributed by atoms with van der Waals surface area (Å²) in [4.78, 5) is 10.8. The zero-order valence-electron chi connectivity index (χ0n) is 9.03. The fourth-order valence-electron chi connectivity index (χ4n) is 1.40. The van der Waals surface area contributed by atoms with Crippen LogP contribution in [0.4, 0.5) is 13.2 Å². The Balaban J connectivity index is 2.41. The molecule has 8 heteroatoms. The second kappa shape index (κ2) is 4.69. The van der Waals surface area contributed by atoms with Crippen LogP contribution in [0.5, 0.6) is 0 Å². The molecule has 0 fully saturated rings. The first kappa shape index (κ1) is 13.6. The maximum absolute atomic E-state index is 12.4. The lowest BCUT2D eigenvalue weighted by molar-refractivity contribution is -0.137. The van der Waals surface area contributed by atoms with Crippen molar-refractivity contribution in [2.75, 3.05) is 0 Å². The van der Waals surface area contributed by atoms with E-state index in [2.05, 4.69) is 21.1 Å². The highest BCUT2D eigenvalue weighted by atomic mass is 79.9. The molecule has 0 saturated carbocycles. The lowest BCUT2D eigenvalue weighted by atomic mass is 10.1. The molecule has 0 unspecified atom stereocenters. The van der Waals surface area contributed by atoms with Crippen molar-refractivity contribution in [3.63, 3.8) is 0 Å². The maximum Gasteiger partial charge on any atom is 0.416 e. The van der Waals surface area contributed by atoms with Crippen LogP contribution in [0.1, 0.15) is 16.1 Å². The van der Waals surface area contributed by atoms with Crippen molar-refractivity contribution >= 4 is 21.9 Å². The van der Waals surface area contributed by atoms with Gasteiger partial charge in [-0.2, -0.15) is 13.2 Å². The van der Waals surface area contributed by atoms with E-state index < -0.39 is 17.7 Å². The number of rotatable bonds is 2. The van der Waals surface area contributed by atoms with Crippen LogP contribution in [-0.2, 0) is 6.18 Å². The van der Waals surface area contributed by atoms with E-state index in [4.69, 9.17) is 9.63 Å². The van der Waals surface area contributed by atoms with E-state index in [0.29, 0.717) is 5.56 Å². The molecule has 0 bridgehead atoms. The number of alkyl halides is 3. The topological polar surface area (TPSA) is 63.3 Å². The molecule has 1 aromatic carbocycles. The number of hydrogen-bond acceptors (Lipinski definition) is 3. The van der Waals surface area contributed by atoms with Crippen molar-refractivity contribution in [1.82, 2.24) is 5.16 Å². The number of carboxylic acids is 1. The van der Waals surface area contributed by atoms with Crippen LogP contribution in [0, 0.1) is 0 Å². The highest BCUT2D eigenvalue weighted by molar-refractivity contribution is 9.10. The van der Waals surface area contributed by atoms with E-state index in [0.717, 1.165) is 12.1 Å². The molecule has 2 aromatic rings. The van der Waals surface area contributed by atoms with E-state index in [1.807, 2.05) is 0 Å². The lowest BCUT2D eigenvalue weighted by Gasteiger charge is -2.06. The largest absolute Gasteiger partial charge is 0.476 e. The molecular formula is C11H5BrF3NO3. The summed E-state index contributed by atoms with van der Waals surface area (Å²) >= 11 is 2.99. The van der Waals surface area contributed by atoms with E-state index in [-0.39, 0.29) is 15.9 Å². The van der Waals surface area contributed by atoms with Crippen LogP contribution in [0.2, 0.25) is 0 Å². The van der Waals surface area contributed by atoms with Crippen LogP contribution in [0.25, 0.3) is 11.3 Å². The minimum atomic E-state index is -4.43. The van der Waals surface area contributed by atoms with Crippen molar-refractivity contribution in [2.24, 2.45) is 0 Å². The molecule has 4 nitrogen and oxygen atoms in total. The van der Waals surface area contributed by atoms with Gasteiger partial charge in [-0.05, 0) is 28.1 Å². The first-order valence-electron chi connectivity index (χ1n) is 4.87. The summed E-state index contributed by atoms with van der Waals surface area (Å²) < 4.78 is 42.1. The summed E-state index contributed by atoms with van der Waals surface area (Å²) in [6, 6.07) is 4.12. The van der Waals surface area contributed by atoms with Gasteiger partial charge in [-0.25, -0.2) is 4.79 Å². The number of aromatic carboxylic acids is 1. The van der Waals surface area contributed by atoms with Gasteiger partial charge in [0.2, 0.25) is 5.69 Å². The van der Waals surface area contributed by atoms with E-state index >= 15 is 0 Å². The molecule has 19 heavy (non-hydrogen) atoms. The Kier molecular flexibility index (Phi) is 3.36. The van der Waals surface area contributed by atoms with E-state index in [1.54, 1.807) is 0 Å². The van der Waals surface area contributed by atoms with Gasteiger partial charge in [-0.3, -0.25) is 0 Å². The minimum absolute atomic E-state index is 0.0612. The summed E-state index contributed by atoms with van der Waals surface area (Å²) in [5.74, 6) is -1.24. The van der Waals surface area contributed by atoms with Crippen LogP contribution in [0.3, 0.4) is 0 Å². The van der Waals surface area contributed by atoms with E-state index in [1.165, 1.54) is 12.1 Å². The molecule has 0 atom stereocenters. The number of carbonyl (C=O) groups is 1. The number of aromatic nitrogens is 1. The number of nitrogens with zero attached hydrogens (tertiary/aromatic N) is 1. The van der Waals surface area contributed by atoms with Crippen LogP contribution < -0.4 is 0 Å². The van der Waals surface area contributed by atoms with Gasteiger partial charge in [-0.1, -0.05) is 17.3 Å². The Bertz CT molecular complexity index is 619. The monoisotopic (exact) mass is 335 g/mol. The normalized spacial score (nSPS) is 11.6. The molecule has 0 aliphatic carbocycles. The van der Waals surface area contributed by atoms with Crippen LogP contribution in [-0.4, -0.2) is 16.2 Å². The zero-order chi connectivity index (χ0) is 14.2. The van der Waals surface area contributed by atoms with Gasteiger partial charge in [0.1, 0.15) is 4.47 Å². The summed E-state index contributed by atoms with van der Waals surface area (Å²) in [5.41, 5.74) is -0.847. The molecular weight excluding hydrogens is 331 g/mol. The molecule has 1 heterocycles. The third kappa shape index (κ3) is 2.62. The highest BCUT2D eigenvalue weighted by Crippen LogP contribution is 2.34. The molecule has 0 aliphatic rings. The smallest absolute Gasteiger partial charge is 0.416 e. The summed E-state index contributed by atoms with van der Waals surface area (Å²) in [6.45, 7) is 0. The number of benzene rings is 1. The Morgan fingerprint density at radius 1 is 1.26 bits per heavy atom. The van der Waals surface area contributed by atoms with Gasteiger partial charge in [0.15, 0.2) is 5.76 Å². The number of hydrogen-bond donors (Lipinski definition) is 1. The zero-order valence-corrected chi connectivity index (χ0v) is 10.6. The highest BCUT2D eigenvalue weighted by Gasteiger charge is 2.30. The standard InChI is InChI=1S/C11H5BrF3NO3/c12-7-8(10(17)18)16-19-9(7)5-1-3-6(4-2-5)11(13,14)15/h1-4H,(H,17,18). The van der Waals surface area contributed by atoms with Crippen LogP contribution >= 0.6 is 15.9 Å². The Morgan fingerprint density at radius 3 is 2.26 bits per heavy atom. The Hall–Kier alpha value is -1.83. The number of halogens is 4. The van der Waals surface area contributed by atoms with Crippen molar-refractivity contribution in [1.29, 1.82) is 0 Å². The van der Waals surface area contributed by atoms with Gasteiger partial charge in [-0.15, -0.1) is 0 Å². The average Bonchev–Trinajstić information content (AvgIpc) is 2.70. The van der Waals surface area contributed by atoms with Crippen molar-refractivity contribution in [3.05, 3.63) is 40.0 Å². The molecule has 1 aromatic heterocycles. The number of carboxylic acid groups (broad SMARTS) is 1. The second-order valence-corrected chi connectivity index (χ2v) is 4.35. The van der Waals surface area contributed by atoms with Gasteiger partial charge in [0.25, 0.3) is 0 Å². The molecule has 100 valence electrons. The second-order valence-electron chi connectivity index (χ2n) is 3.55. The maximum atomic E-state index is 12.4. The summed E-state index contributed by atoms with van der Waals surface area (Å²) in [5, 5.41) is 12.1. The first-order valence-corrected chi connectivity index (χ1v) is 5.66. The van der Waals surface area contributed by atoms with Crippen molar-refractivity contribution in [2.45, 2.75) is 6.18 Å². The quantitative estimate of drug-likeness (QED) is 0.906. The van der Waals surface area contributed by atoms with Crippen molar-refractivity contribution < 1.29 is 27.6 Å². The van der Waals surface area contributed by atoms with E-state index in [9.17, 15) is 18.0 Å². The molecule has 0 saturated heterocycles. The fraction of sp³-hybridized carbons (Fsp3) is 0.0909. The average molecular weight is 336 g/mol. The first-order chi connectivity index (χ1) is 8.80. The van der Waals surface area contributed by atoms with Gasteiger partial charge in [0.05, 0.1) is 5.56 Å². The van der Waals surface area contributed by atoms with Gasteiger partial charge in [0, 0.05) is 5.56 Å². The predicted octanol–water partition coefficient (Wildman–Crippen LogP) is 3.82. The molecule has 1 N–H and O–H groups in total. The SMILES string of the molecule is O=C(O)c1noc(-c2ccc(C(F)(F)F)cc2)c1Br. The predicted molar refractivity (Wildman–Crippen MR) is 61.6 cm³/mol. The van der Waals surface area contributed by atoms with Gasteiger partial charge < -0.3 is 9.63 Å².